The maximum Gasteiger partial charge on any atom is 0.435 e. The Bertz CT molecular complexity index is 1360. The normalized spacial score (nSPS) is 23.3. The van der Waals surface area contributed by atoms with Crippen LogP contribution in [0.15, 0.2) is 47.4 Å². The van der Waals surface area contributed by atoms with Crippen LogP contribution in [0.4, 0.5) is 39.9 Å². The van der Waals surface area contributed by atoms with Crippen molar-refractivity contribution >= 4 is 15.9 Å². The zero-order valence-corrected chi connectivity index (χ0v) is 21.4. The van der Waals surface area contributed by atoms with Crippen molar-refractivity contribution < 1.29 is 53.4 Å². The number of benzene rings is 2. The minimum Gasteiger partial charge on any atom is -0.395 e. The molecule has 0 unspecified atom stereocenters. The van der Waals surface area contributed by atoms with Crippen molar-refractivity contribution in [1.82, 2.24) is 10.6 Å². The number of aliphatic hydroxyl groups is 1. The number of urea groups is 1. The van der Waals surface area contributed by atoms with Crippen LogP contribution in [-0.4, -0.2) is 51.1 Å². The third-order valence-electron chi connectivity index (χ3n) is 7.69. The van der Waals surface area contributed by atoms with Crippen LogP contribution in [0.25, 0.3) is 0 Å². The average Bonchev–Trinajstić information content (AvgIpc) is 3.25. The fraction of sp³-hybridized carbons (Fsp3) is 0.480. The van der Waals surface area contributed by atoms with E-state index < -0.39 is 62.0 Å². The van der Waals surface area contributed by atoms with Crippen LogP contribution in [0, 0.1) is 11.7 Å². The van der Waals surface area contributed by atoms with Crippen LogP contribution >= 0.6 is 0 Å². The Morgan fingerprint density at radius 2 is 1.60 bits per heavy atom. The second-order valence-electron chi connectivity index (χ2n) is 9.79. The van der Waals surface area contributed by atoms with E-state index in [1.165, 1.54) is 0 Å². The quantitative estimate of drug-likeness (QED) is 0.328. The molecule has 2 aliphatic rings. The molecule has 1 fully saturated rings. The second-order valence-corrected chi connectivity index (χ2v) is 12.0. The number of halogens is 8. The predicted octanol–water partition coefficient (Wildman–Crippen LogP) is 4.80. The monoisotopic (exact) mass is 600 g/mol. The summed E-state index contributed by atoms with van der Waals surface area (Å²) >= 11 is 0. The third-order valence-corrected chi connectivity index (χ3v) is 10.3. The number of hydrogen-bond donors (Lipinski definition) is 3. The van der Waals surface area contributed by atoms with Gasteiger partial charge in [0.2, 0.25) is 0 Å². The van der Waals surface area contributed by atoms with Gasteiger partial charge in [-0.1, -0.05) is 18.2 Å². The maximum atomic E-state index is 14.8. The summed E-state index contributed by atoms with van der Waals surface area (Å²) in [6.45, 7) is -0.469. The van der Waals surface area contributed by atoms with Gasteiger partial charge in [-0.15, -0.1) is 0 Å². The predicted molar refractivity (Wildman–Crippen MR) is 125 cm³/mol. The average molecular weight is 601 g/mol. The van der Waals surface area contributed by atoms with Crippen molar-refractivity contribution in [2.75, 3.05) is 13.2 Å². The van der Waals surface area contributed by atoms with Gasteiger partial charge in [-0.05, 0) is 61.1 Å². The molecule has 0 saturated heterocycles. The van der Waals surface area contributed by atoms with Gasteiger partial charge in [-0.25, -0.2) is 22.0 Å². The summed E-state index contributed by atoms with van der Waals surface area (Å²) in [5.74, 6) is -1.63. The summed E-state index contributed by atoms with van der Waals surface area (Å²) in [6.07, 6.45) is -13.1. The Labute approximate surface area is 223 Å². The molecule has 2 aromatic rings. The van der Waals surface area contributed by atoms with Crippen molar-refractivity contribution in [3.63, 3.8) is 0 Å². The van der Waals surface area contributed by atoms with E-state index in [4.69, 9.17) is 5.11 Å². The van der Waals surface area contributed by atoms with Crippen LogP contribution in [0.5, 0.6) is 0 Å². The van der Waals surface area contributed by atoms with E-state index in [2.05, 4.69) is 10.6 Å². The lowest BCUT2D eigenvalue weighted by Crippen LogP contribution is -2.52. The molecule has 2 aliphatic carbocycles. The Morgan fingerprint density at radius 1 is 0.975 bits per heavy atom. The van der Waals surface area contributed by atoms with Gasteiger partial charge in [-0.3, -0.25) is 0 Å². The highest BCUT2D eigenvalue weighted by Gasteiger charge is 2.73. The van der Waals surface area contributed by atoms with Crippen LogP contribution in [-0.2, 0) is 26.7 Å². The lowest BCUT2D eigenvalue weighted by atomic mass is 9.74. The summed E-state index contributed by atoms with van der Waals surface area (Å²) in [5.41, 5.74) is -7.74. The fourth-order valence-corrected chi connectivity index (χ4v) is 8.41. The number of carbonyl (C=O) groups is 1. The van der Waals surface area contributed by atoms with E-state index >= 15 is 0 Å². The molecular formula is C25H24F8N2O4S. The summed E-state index contributed by atoms with van der Waals surface area (Å²) in [5, 5.41) is 13.9. The van der Waals surface area contributed by atoms with E-state index in [1.807, 2.05) is 0 Å². The molecule has 1 saturated carbocycles. The molecule has 6 nitrogen and oxygen atoms in total. The second kappa shape index (κ2) is 10.2. The smallest absolute Gasteiger partial charge is 0.395 e. The van der Waals surface area contributed by atoms with Gasteiger partial charge in [0, 0.05) is 24.1 Å². The minimum absolute atomic E-state index is 0.0664. The summed E-state index contributed by atoms with van der Waals surface area (Å²) in [4.78, 5) is 12.0. The van der Waals surface area contributed by atoms with Crippen molar-refractivity contribution in [3.8, 4) is 0 Å². The highest BCUT2D eigenvalue weighted by atomic mass is 32.2. The molecule has 4 rings (SSSR count). The van der Waals surface area contributed by atoms with Crippen molar-refractivity contribution in [2.24, 2.45) is 5.92 Å². The highest BCUT2D eigenvalue weighted by molar-refractivity contribution is 7.92. The number of nitrogens with one attached hydrogen (secondary N) is 2. The van der Waals surface area contributed by atoms with Gasteiger partial charge in [0.05, 0.1) is 11.5 Å². The maximum absolute atomic E-state index is 14.8. The molecule has 0 heterocycles. The topological polar surface area (TPSA) is 95.5 Å². The first-order valence-electron chi connectivity index (χ1n) is 12.1. The molecule has 15 heteroatoms. The van der Waals surface area contributed by atoms with E-state index in [1.54, 1.807) is 0 Å². The molecule has 40 heavy (non-hydrogen) atoms. The zero-order chi connectivity index (χ0) is 29.7. The number of aryl methyl sites for hydroxylation is 1. The molecule has 3 N–H and O–H groups in total. The van der Waals surface area contributed by atoms with Crippen molar-refractivity contribution in [3.05, 3.63) is 65.0 Å². The molecule has 0 bridgehead atoms. The molecule has 0 spiro atoms. The lowest BCUT2D eigenvalue weighted by molar-refractivity contribution is -0.348. The van der Waals surface area contributed by atoms with Crippen LogP contribution in [0.1, 0.15) is 36.0 Å². The Hall–Kier alpha value is -2.94. The Morgan fingerprint density at radius 3 is 2.17 bits per heavy atom. The largest absolute Gasteiger partial charge is 0.435 e. The standard InChI is InChI=1S/C25H24F8N2O4S/c26-16-3-5-17(6-4-16)40(38,39)22-10-9-20(35-21(37)34-11-12-36)19(22)7-1-14-13-15(2-8-18(14)22)23(27,24(28,29)30)25(31,32)33/h2-6,8,13,19-20,36H,1,7,9-12H2,(H2,34,35,37)/t19-,20+,22+/m0/s1. The zero-order valence-electron chi connectivity index (χ0n) is 20.5. The van der Waals surface area contributed by atoms with Gasteiger partial charge in [0.15, 0.2) is 9.84 Å². The Balaban J connectivity index is 1.88. The van der Waals surface area contributed by atoms with Crippen LogP contribution in [0.3, 0.4) is 0 Å². The lowest BCUT2D eigenvalue weighted by Gasteiger charge is -2.43. The van der Waals surface area contributed by atoms with Gasteiger partial charge in [0.25, 0.3) is 0 Å². The molecule has 2 aromatic carbocycles. The van der Waals surface area contributed by atoms with Gasteiger partial charge >= 0.3 is 24.1 Å². The van der Waals surface area contributed by atoms with E-state index in [0.29, 0.717) is 12.1 Å². The number of fused-ring (bicyclic) bond motifs is 3. The van der Waals surface area contributed by atoms with Crippen molar-refractivity contribution in [2.45, 2.75) is 59.4 Å². The first-order valence-corrected chi connectivity index (χ1v) is 13.6. The van der Waals surface area contributed by atoms with Crippen LogP contribution < -0.4 is 10.6 Å². The number of alkyl halides is 7. The molecular weight excluding hydrogens is 576 g/mol. The number of amides is 2. The molecule has 2 amide bonds. The van der Waals surface area contributed by atoms with Gasteiger partial charge < -0.3 is 15.7 Å². The summed E-state index contributed by atoms with van der Waals surface area (Å²) in [7, 11) is -4.50. The number of rotatable bonds is 6. The SMILES string of the molecule is O=C(NCCO)N[C@@H]1CC[C@@]2(S(=O)(=O)c3ccc(F)cc3)c3ccc(C(F)(C(F)(F)F)C(F)(F)F)cc3CC[C@@H]12. The first-order chi connectivity index (χ1) is 18.5. The highest BCUT2D eigenvalue weighted by Crippen LogP contribution is 2.59. The number of sulfone groups is 1. The fourth-order valence-electron chi connectivity index (χ4n) is 5.94. The van der Waals surface area contributed by atoms with E-state index in [-0.39, 0.29) is 54.9 Å². The third kappa shape index (κ3) is 4.60. The number of aliphatic hydroxyl groups excluding tert-OH is 1. The van der Waals surface area contributed by atoms with Crippen LogP contribution in [0.2, 0.25) is 0 Å². The summed E-state index contributed by atoms with van der Waals surface area (Å²) in [6, 6.07) is 3.74. The first kappa shape index (κ1) is 30.0. The van der Waals surface area contributed by atoms with E-state index in [9.17, 15) is 48.3 Å². The molecule has 220 valence electrons. The molecule has 0 aliphatic heterocycles. The molecule has 3 atom stereocenters. The molecule has 0 aromatic heterocycles. The number of hydrogen-bond acceptors (Lipinski definition) is 4. The molecule has 0 radical (unpaired) electrons. The minimum atomic E-state index is -6.35. The Kier molecular flexibility index (Phi) is 7.63. The van der Waals surface area contributed by atoms with Crippen molar-refractivity contribution in [1.29, 1.82) is 0 Å². The summed E-state index contributed by atoms with van der Waals surface area (Å²) < 4.78 is 135. The van der Waals surface area contributed by atoms with Gasteiger partial charge in [-0.2, -0.15) is 26.3 Å². The van der Waals surface area contributed by atoms with Gasteiger partial charge in [0.1, 0.15) is 10.6 Å². The van der Waals surface area contributed by atoms with E-state index in [0.717, 1.165) is 30.3 Å². The number of carbonyl (C=O) groups excluding carboxylic acids is 1.